The van der Waals surface area contributed by atoms with E-state index in [2.05, 4.69) is 15.6 Å². The monoisotopic (exact) mass is 288 g/mol. The summed E-state index contributed by atoms with van der Waals surface area (Å²) in [6.07, 6.45) is 0.795. The highest BCUT2D eigenvalue weighted by molar-refractivity contribution is 5.87. The fraction of sp³-hybridized carbons (Fsp3) is 0.467. The van der Waals surface area contributed by atoms with Crippen molar-refractivity contribution in [3.63, 3.8) is 0 Å². The second-order valence-electron chi connectivity index (χ2n) is 5.28. The third-order valence-electron chi connectivity index (χ3n) is 3.76. The van der Waals surface area contributed by atoms with E-state index in [-0.39, 0.29) is 18.5 Å². The summed E-state index contributed by atoms with van der Waals surface area (Å²) < 4.78 is 5.60. The molecule has 1 unspecified atom stereocenters. The average molecular weight is 288 g/mol. The number of carbonyl (C=O) groups excluding carboxylic acids is 1. The van der Waals surface area contributed by atoms with Gasteiger partial charge in [0.1, 0.15) is 5.75 Å². The van der Waals surface area contributed by atoms with Crippen molar-refractivity contribution in [3.05, 3.63) is 29.8 Å². The van der Waals surface area contributed by atoms with Gasteiger partial charge in [0, 0.05) is 25.6 Å². The molecular formula is C15H20N4O2. The van der Waals surface area contributed by atoms with Crippen LogP contribution in [0.4, 0.5) is 0 Å². The van der Waals surface area contributed by atoms with Crippen molar-refractivity contribution in [2.24, 2.45) is 4.99 Å². The highest BCUT2D eigenvalue weighted by atomic mass is 16.5. The Balaban J connectivity index is 1.56. The second-order valence-corrected chi connectivity index (χ2v) is 5.28. The lowest BCUT2D eigenvalue weighted by molar-refractivity contribution is -0.120. The highest BCUT2D eigenvalue weighted by Gasteiger charge is 2.22. The van der Waals surface area contributed by atoms with Crippen LogP contribution in [0.3, 0.4) is 0 Å². The Morgan fingerprint density at radius 2 is 2.33 bits per heavy atom. The first-order valence-corrected chi connectivity index (χ1v) is 7.24. The van der Waals surface area contributed by atoms with Crippen molar-refractivity contribution in [3.8, 4) is 5.75 Å². The third-order valence-corrected chi connectivity index (χ3v) is 3.76. The molecule has 21 heavy (non-hydrogen) atoms. The lowest BCUT2D eigenvalue weighted by Gasteiger charge is -2.26. The minimum atomic E-state index is -0.0281. The molecule has 1 aromatic carbocycles. The van der Waals surface area contributed by atoms with Gasteiger partial charge in [-0.15, -0.1) is 0 Å². The van der Waals surface area contributed by atoms with Gasteiger partial charge >= 0.3 is 0 Å². The first kappa shape index (κ1) is 13.7. The first-order chi connectivity index (χ1) is 10.2. The van der Waals surface area contributed by atoms with E-state index in [1.165, 1.54) is 0 Å². The molecule has 0 spiro atoms. The number of nitrogens with zero attached hydrogens (tertiary/aromatic N) is 2. The normalized spacial score (nSPS) is 20.3. The van der Waals surface area contributed by atoms with Gasteiger partial charge in [-0.3, -0.25) is 9.79 Å². The SMILES string of the molecule is CN1CCN=C1NCC(=O)NC1CCOc2ccccc21. The molecule has 2 aliphatic rings. The number of nitrogens with one attached hydrogen (secondary N) is 2. The van der Waals surface area contributed by atoms with Gasteiger partial charge in [0.2, 0.25) is 5.91 Å². The van der Waals surface area contributed by atoms with Gasteiger partial charge in [-0.1, -0.05) is 18.2 Å². The maximum Gasteiger partial charge on any atom is 0.239 e. The summed E-state index contributed by atoms with van der Waals surface area (Å²) in [7, 11) is 1.96. The van der Waals surface area contributed by atoms with E-state index in [0.29, 0.717) is 6.61 Å². The Hall–Kier alpha value is -2.24. The fourth-order valence-electron chi connectivity index (χ4n) is 2.62. The molecule has 2 heterocycles. The molecule has 3 rings (SSSR count). The maximum atomic E-state index is 12.1. The molecule has 0 saturated heterocycles. The number of benzene rings is 1. The van der Waals surface area contributed by atoms with Gasteiger partial charge in [-0.2, -0.15) is 0 Å². The summed E-state index contributed by atoms with van der Waals surface area (Å²) in [5.41, 5.74) is 1.05. The molecule has 0 fully saturated rings. The van der Waals surface area contributed by atoms with Gasteiger partial charge in [0.25, 0.3) is 0 Å². The van der Waals surface area contributed by atoms with Crippen LogP contribution in [0.2, 0.25) is 0 Å². The van der Waals surface area contributed by atoms with E-state index in [1.54, 1.807) is 0 Å². The van der Waals surface area contributed by atoms with E-state index in [4.69, 9.17) is 4.74 Å². The number of hydrogen-bond donors (Lipinski definition) is 2. The number of aliphatic imine (C=N–C) groups is 1. The number of guanidine groups is 1. The van der Waals surface area contributed by atoms with Crippen LogP contribution in [0, 0.1) is 0 Å². The van der Waals surface area contributed by atoms with Gasteiger partial charge in [0.05, 0.1) is 25.7 Å². The maximum absolute atomic E-state index is 12.1. The second kappa shape index (κ2) is 6.03. The quantitative estimate of drug-likeness (QED) is 0.851. The van der Waals surface area contributed by atoms with E-state index < -0.39 is 0 Å². The summed E-state index contributed by atoms with van der Waals surface area (Å²) in [5, 5.41) is 6.14. The largest absolute Gasteiger partial charge is 0.493 e. The smallest absolute Gasteiger partial charge is 0.239 e. The average Bonchev–Trinajstić information content (AvgIpc) is 2.91. The van der Waals surface area contributed by atoms with Crippen LogP contribution >= 0.6 is 0 Å². The number of hydrogen-bond acceptors (Lipinski definition) is 5. The van der Waals surface area contributed by atoms with Crippen LogP contribution in [0.25, 0.3) is 0 Å². The highest BCUT2D eigenvalue weighted by Crippen LogP contribution is 2.31. The van der Waals surface area contributed by atoms with Crippen molar-refractivity contribution in [1.29, 1.82) is 0 Å². The van der Waals surface area contributed by atoms with Crippen LogP contribution in [0.1, 0.15) is 18.0 Å². The van der Waals surface area contributed by atoms with Crippen molar-refractivity contribution < 1.29 is 9.53 Å². The molecule has 1 atom stereocenters. The van der Waals surface area contributed by atoms with Gasteiger partial charge in [-0.05, 0) is 6.07 Å². The van der Waals surface area contributed by atoms with Gasteiger partial charge in [-0.25, -0.2) is 0 Å². The van der Waals surface area contributed by atoms with E-state index >= 15 is 0 Å². The fourth-order valence-corrected chi connectivity index (χ4v) is 2.62. The molecule has 2 aliphatic heterocycles. The molecule has 0 aliphatic carbocycles. The predicted molar refractivity (Wildman–Crippen MR) is 80.4 cm³/mol. The Morgan fingerprint density at radius 3 is 3.14 bits per heavy atom. The molecule has 6 nitrogen and oxygen atoms in total. The number of fused-ring (bicyclic) bond motifs is 1. The summed E-state index contributed by atoms with van der Waals surface area (Å²) in [6.45, 7) is 2.55. The molecule has 0 bridgehead atoms. The zero-order valence-electron chi connectivity index (χ0n) is 12.1. The van der Waals surface area contributed by atoms with Crippen LogP contribution in [0.5, 0.6) is 5.75 Å². The third kappa shape index (κ3) is 3.09. The lowest BCUT2D eigenvalue weighted by atomic mass is 10.0. The Kier molecular flexibility index (Phi) is 3.94. The number of carbonyl (C=O) groups is 1. The molecular weight excluding hydrogens is 268 g/mol. The number of likely N-dealkylation sites (N-methyl/N-ethyl adjacent to an activating group) is 1. The summed E-state index contributed by atoms with van der Waals surface area (Å²) >= 11 is 0. The molecule has 1 aromatic rings. The van der Waals surface area contributed by atoms with E-state index in [9.17, 15) is 4.79 Å². The lowest BCUT2D eigenvalue weighted by Crippen LogP contribution is -2.43. The van der Waals surface area contributed by atoms with Gasteiger partial charge in [0.15, 0.2) is 5.96 Å². The molecule has 0 saturated carbocycles. The summed E-state index contributed by atoms with van der Waals surface area (Å²) in [4.78, 5) is 18.4. The minimum absolute atomic E-state index is 0.0208. The molecule has 0 radical (unpaired) electrons. The Morgan fingerprint density at radius 1 is 1.48 bits per heavy atom. The standard InChI is InChI=1S/C15H20N4O2/c1-19-8-7-16-15(19)17-10-14(20)18-12-6-9-21-13-5-3-2-4-11(12)13/h2-5,12H,6-10H2,1H3,(H,16,17)(H,18,20). The van der Waals surface area contributed by atoms with Crippen LogP contribution < -0.4 is 15.4 Å². The molecule has 2 N–H and O–H groups in total. The zero-order chi connectivity index (χ0) is 14.7. The summed E-state index contributed by atoms with van der Waals surface area (Å²) in [5.74, 6) is 1.62. The topological polar surface area (TPSA) is 66.0 Å². The van der Waals surface area contributed by atoms with E-state index in [1.807, 2.05) is 36.2 Å². The number of ether oxygens (including phenoxy) is 1. The van der Waals surface area contributed by atoms with Crippen LogP contribution in [-0.2, 0) is 4.79 Å². The minimum Gasteiger partial charge on any atom is -0.493 e. The van der Waals surface area contributed by atoms with Crippen LogP contribution in [-0.4, -0.2) is 50.1 Å². The van der Waals surface area contributed by atoms with Crippen molar-refractivity contribution in [1.82, 2.24) is 15.5 Å². The van der Waals surface area contributed by atoms with Crippen molar-refractivity contribution >= 4 is 11.9 Å². The summed E-state index contributed by atoms with van der Waals surface area (Å²) in [6, 6.07) is 7.87. The Labute approximate surface area is 124 Å². The number of para-hydroxylation sites is 1. The molecule has 1 amide bonds. The van der Waals surface area contributed by atoms with E-state index in [0.717, 1.165) is 36.8 Å². The van der Waals surface area contributed by atoms with Crippen LogP contribution in [0.15, 0.2) is 29.3 Å². The molecule has 112 valence electrons. The van der Waals surface area contributed by atoms with Crippen molar-refractivity contribution in [2.75, 3.05) is 33.3 Å². The molecule has 0 aromatic heterocycles. The predicted octanol–water partition coefficient (Wildman–Crippen LogP) is 0.517. The Bertz CT molecular complexity index is 558. The molecule has 6 heteroatoms. The number of rotatable bonds is 3. The zero-order valence-corrected chi connectivity index (χ0v) is 12.1. The number of amides is 1. The van der Waals surface area contributed by atoms with Gasteiger partial charge < -0.3 is 20.3 Å². The first-order valence-electron chi connectivity index (χ1n) is 7.24. The van der Waals surface area contributed by atoms with Crippen molar-refractivity contribution in [2.45, 2.75) is 12.5 Å².